The highest BCUT2D eigenvalue weighted by atomic mass is 32.2. The van der Waals surface area contributed by atoms with Crippen LogP contribution in [-0.4, -0.2) is 71.9 Å². The SMILES string of the molecule is O=C1CC(C(=O)N2CCCSCC2CN2CCCC2)CN1c1ccc(F)cc1. The van der Waals surface area contributed by atoms with Crippen LogP contribution in [0.5, 0.6) is 0 Å². The largest absolute Gasteiger partial charge is 0.337 e. The molecule has 4 rings (SSSR count). The lowest BCUT2D eigenvalue weighted by Gasteiger charge is -2.34. The number of halogens is 1. The average Bonchev–Trinajstić information content (AvgIpc) is 3.27. The van der Waals surface area contributed by atoms with Crippen LogP contribution < -0.4 is 4.90 Å². The smallest absolute Gasteiger partial charge is 0.228 e. The predicted molar refractivity (Wildman–Crippen MR) is 110 cm³/mol. The molecule has 2 amide bonds. The molecular weight excluding hydrogens is 377 g/mol. The Labute approximate surface area is 170 Å². The van der Waals surface area contributed by atoms with E-state index in [-0.39, 0.29) is 36.0 Å². The molecule has 0 saturated carbocycles. The highest BCUT2D eigenvalue weighted by molar-refractivity contribution is 7.99. The number of anilines is 1. The van der Waals surface area contributed by atoms with E-state index in [1.54, 1.807) is 17.0 Å². The first-order valence-corrected chi connectivity index (χ1v) is 11.4. The lowest BCUT2D eigenvalue weighted by atomic mass is 10.1. The summed E-state index contributed by atoms with van der Waals surface area (Å²) in [5, 5.41) is 0. The van der Waals surface area contributed by atoms with Crippen molar-refractivity contribution in [3.05, 3.63) is 30.1 Å². The second-order valence-electron chi connectivity index (χ2n) is 8.00. The molecule has 0 spiro atoms. The first-order chi connectivity index (χ1) is 13.6. The van der Waals surface area contributed by atoms with E-state index in [0.29, 0.717) is 12.2 Å². The Morgan fingerprint density at radius 1 is 1.11 bits per heavy atom. The van der Waals surface area contributed by atoms with Gasteiger partial charge in [-0.3, -0.25) is 9.59 Å². The van der Waals surface area contributed by atoms with E-state index >= 15 is 0 Å². The van der Waals surface area contributed by atoms with Gasteiger partial charge in [0.05, 0.1) is 12.0 Å². The van der Waals surface area contributed by atoms with E-state index in [2.05, 4.69) is 9.80 Å². The predicted octanol–water partition coefficient (Wildman–Crippen LogP) is 2.61. The van der Waals surface area contributed by atoms with Gasteiger partial charge in [0.25, 0.3) is 0 Å². The van der Waals surface area contributed by atoms with Crippen LogP contribution in [0.4, 0.5) is 10.1 Å². The van der Waals surface area contributed by atoms with Gasteiger partial charge in [-0.25, -0.2) is 4.39 Å². The van der Waals surface area contributed by atoms with Crippen LogP contribution in [0.1, 0.15) is 25.7 Å². The first kappa shape index (κ1) is 19.7. The molecule has 28 heavy (non-hydrogen) atoms. The first-order valence-electron chi connectivity index (χ1n) is 10.3. The highest BCUT2D eigenvalue weighted by Gasteiger charge is 2.39. The number of carbonyl (C=O) groups is 2. The zero-order valence-corrected chi connectivity index (χ0v) is 17.0. The molecule has 0 N–H and O–H groups in total. The van der Waals surface area contributed by atoms with Gasteiger partial charge in [-0.15, -0.1) is 0 Å². The molecule has 3 fully saturated rings. The van der Waals surface area contributed by atoms with Crippen molar-refractivity contribution in [2.75, 3.05) is 49.1 Å². The van der Waals surface area contributed by atoms with E-state index in [4.69, 9.17) is 0 Å². The van der Waals surface area contributed by atoms with Gasteiger partial charge in [-0.1, -0.05) is 0 Å². The minimum atomic E-state index is -0.324. The van der Waals surface area contributed by atoms with Crippen LogP contribution in [0.3, 0.4) is 0 Å². The van der Waals surface area contributed by atoms with E-state index in [1.807, 2.05) is 11.8 Å². The number of likely N-dealkylation sites (tertiary alicyclic amines) is 1. The lowest BCUT2D eigenvalue weighted by Crippen LogP contribution is -2.50. The van der Waals surface area contributed by atoms with Gasteiger partial charge in [-0.2, -0.15) is 11.8 Å². The van der Waals surface area contributed by atoms with Crippen LogP contribution in [0.2, 0.25) is 0 Å². The summed E-state index contributed by atoms with van der Waals surface area (Å²) < 4.78 is 13.2. The lowest BCUT2D eigenvalue weighted by molar-refractivity contribution is -0.138. The fraction of sp³-hybridized carbons (Fsp3) is 0.619. The normalized spacial score (nSPS) is 26.7. The van der Waals surface area contributed by atoms with Crippen molar-refractivity contribution in [3.8, 4) is 0 Å². The maximum atomic E-state index is 13.4. The number of nitrogens with zero attached hydrogens (tertiary/aromatic N) is 3. The third kappa shape index (κ3) is 4.35. The van der Waals surface area contributed by atoms with Gasteiger partial charge < -0.3 is 14.7 Å². The molecule has 152 valence electrons. The van der Waals surface area contributed by atoms with Gasteiger partial charge >= 0.3 is 0 Å². The van der Waals surface area contributed by atoms with E-state index < -0.39 is 0 Å². The summed E-state index contributed by atoms with van der Waals surface area (Å²) >= 11 is 1.94. The Kier molecular flexibility index (Phi) is 6.21. The molecule has 0 aliphatic carbocycles. The zero-order valence-electron chi connectivity index (χ0n) is 16.2. The molecule has 3 heterocycles. The number of carbonyl (C=O) groups excluding carboxylic acids is 2. The second-order valence-corrected chi connectivity index (χ2v) is 9.15. The molecule has 3 aliphatic rings. The standard InChI is InChI=1S/C21H28FN3O2S/c22-17-4-6-18(7-5-17)25-13-16(12-20(25)26)21(27)24-10-3-11-28-15-19(24)14-23-8-1-2-9-23/h4-7,16,19H,1-3,8-15H2. The van der Waals surface area contributed by atoms with Crippen molar-refractivity contribution in [3.63, 3.8) is 0 Å². The van der Waals surface area contributed by atoms with Crippen LogP contribution in [0.25, 0.3) is 0 Å². The van der Waals surface area contributed by atoms with Gasteiger partial charge in [0.15, 0.2) is 0 Å². The Balaban J connectivity index is 1.45. The number of thioether (sulfide) groups is 1. The quantitative estimate of drug-likeness (QED) is 0.773. The monoisotopic (exact) mass is 405 g/mol. The molecule has 1 aromatic rings. The van der Waals surface area contributed by atoms with Crippen molar-refractivity contribution in [1.29, 1.82) is 0 Å². The van der Waals surface area contributed by atoms with Crippen molar-refractivity contribution >= 4 is 29.3 Å². The van der Waals surface area contributed by atoms with E-state index in [1.165, 1.54) is 25.0 Å². The van der Waals surface area contributed by atoms with Gasteiger partial charge in [0.2, 0.25) is 11.8 Å². The molecule has 2 unspecified atom stereocenters. The summed E-state index contributed by atoms with van der Waals surface area (Å²) in [6.07, 6.45) is 3.75. The van der Waals surface area contributed by atoms with Crippen molar-refractivity contribution in [2.45, 2.75) is 31.7 Å². The fourth-order valence-electron chi connectivity index (χ4n) is 4.51. The number of amides is 2. The number of hydrogen-bond acceptors (Lipinski definition) is 4. The summed E-state index contributed by atoms with van der Waals surface area (Å²) in [4.78, 5) is 32.1. The molecule has 1 aromatic carbocycles. The molecule has 5 nitrogen and oxygen atoms in total. The maximum Gasteiger partial charge on any atom is 0.228 e. The van der Waals surface area contributed by atoms with Crippen LogP contribution >= 0.6 is 11.8 Å². The summed E-state index contributed by atoms with van der Waals surface area (Å²) in [6, 6.07) is 6.16. The topological polar surface area (TPSA) is 43.9 Å². The molecule has 0 aromatic heterocycles. The van der Waals surface area contributed by atoms with Gasteiger partial charge in [0.1, 0.15) is 5.82 Å². The molecule has 0 radical (unpaired) electrons. The Morgan fingerprint density at radius 3 is 2.61 bits per heavy atom. The van der Waals surface area contributed by atoms with E-state index in [0.717, 1.165) is 44.1 Å². The average molecular weight is 406 g/mol. The van der Waals surface area contributed by atoms with Crippen molar-refractivity contribution < 1.29 is 14.0 Å². The maximum absolute atomic E-state index is 13.4. The van der Waals surface area contributed by atoms with E-state index in [9.17, 15) is 14.0 Å². The van der Waals surface area contributed by atoms with Gasteiger partial charge in [-0.05, 0) is 62.4 Å². The minimum absolute atomic E-state index is 0.0507. The van der Waals surface area contributed by atoms with Crippen molar-refractivity contribution in [1.82, 2.24) is 9.80 Å². The number of benzene rings is 1. The van der Waals surface area contributed by atoms with Crippen LogP contribution in [0.15, 0.2) is 24.3 Å². The molecule has 2 atom stereocenters. The number of hydrogen-bond donors (Lipinski definition) is 0. The van der Waals surface area contributed by atoms with Crippen molar-refractivity contribution in [2.24, 2.45) is 5.92 Å². The molecule has 3 aliphatic heterocycles. The van der Waals surface area contributed by atoms with Crippen LogP contribution in [0, 0.1) is 11.7 Å². The third-order valence-corrected chi connectivity index (χ3v) is 7.20. The Morgan fingerprint density at radius 2 is 1.86 bits per heavy atom. The molecule has 3 saturated heterocycles. The fourth-order valence-corrected chi connectivity index (χ4v) is 5.57. The van der Waals surface area contributed by atoms with Crippen LogP contribution in [-0.2, 0) is 9.59 Å². The summed E-state index contributed by atoms with van der Waals surface area (Å²) in [7, 11) is 0. The zero-order chi connectivity index (χ0) is 19.5. The third-order valence-electron chi connectivity index (χ3n) is 6.00. The Hall–Kier alpha value is -1.60. The molecular formula is C21H28FN3O2S. The summed E-state index contributed by atoms with van der Waals surface area (Å²) in [5.41, 5.74) is 0.668. The van der Waals surface area contributed by atoms with Gasteiger partial charge in [0, 0.05) is 37.5 Å². The minimum Gasteiger partial charge on any atom is -0.337 e. The number of rotatable bonds is 4. The summed E-state index contributed by atoms with van der Waals surface area (Å²) in [6.45, 7) is 4.38. The Bertz CT molecular complexity index is 708. The molecule has 7 heteroatoms. The summed E-state index contributed by atoms with van der Waals surface area (Å²) in [5.74, 6) is 1.50. The highest BCUT2D eigenvalue weighted by Crippen LogP contribution is 2.28. The second kappa shape index (κ2) is 8.82. The molecule has 0 bridgehead atoms.